The van der Waals surface area contributed by atoms with Gasteiger partial charge in [0.15, 0.2) is 0 Å². The predicted octanol–water partition coefficient (Wildman–Crippen LogP) is 5.23. The molecule has 2 amide bonds. The van der Waals surface area contributed by atoms with Crippen molar-refractivity contribution < 1.29 is 14.3 Å². The van der Waals surface area contributed by atoms with Crippen LogP contribution in [0.3, 0.4) is 0 Å². The number of nitrogens with one attached hydrogen (secondary N) is 1. The molecule has 0 saturated carbocycles. The number of anilines is 1. The van der Waals surface area contributed by atoms with Crippen LogP contribution in [0.5, 0.6) is 5.75 Å². The number of thiocarbonyl (C=S) groups is 1. The van der Waals surface area contributed by atoms with Crippen LogP contribution in [0.25, 0.3) is 6.08 Å². The smallest absolute Gasteiger partial charge is 0.266 e. The first kappa shape index (κ1) is 21.6. The summed E-state index contributed by atoms with van der Waals surface area (Å²) in [4.78, 5) is 26.7. The Labute approximate surface area is 188 Å². The lowest BCUT2D eigenvalue weighted by Gasteiger charge is -2.14. The quantitative estimate of drug-likeness (QED) is 0.466. The van der Waals surface area contributed by atoms with E-state index < -0.39 is 0 Å². The molecule has 29 heavy (non-hydrogen) atoms. The molecule has 1 fully saturated rings. The van der Waals surface area contributed by atoms with Gasteiger partial charge >= 0.3 is 0 Å². The normalized spacial score (nSPS) is 15.1. The minimum atomic E-state index is -0.354. The minimum absolute atomic E-state index is 0.182. The Balaban J connectivity index is 1.67. The number of carbonyl (C=O) groups excluding carboxylic acids is 2. The van der Waals surface area contributed by atoms with Gasteiger partial charge in [-0.05, 0) is 48.9 Å². The molecule has 3 rings (SSSR count). The van der Waals surface area contributed by atoms with Crippen LogP contribution in [0, 0.1) is 0 Å². The van der Waals surface area contributed by atoms with E-state index in [4.69, 9.17) is 40.2 Å². The van der Waals surface area contributed by atoms with E-state index in [9.17, 15) is 9.59 Å². The number of halogens is 2. The van der Waals surface area contributed by atoms with Gasteiger partial charge in [0.25, 0.3) is 5.91 Å². The van der Waals surface area contributed by atoms with Crippen LogP contribution in [0.2, 0.25) is 10.0 Å². The highest BCUT2D eigenvalue weighted by Gasteiger charge is 2.33. The van der Waals surface area contributed by atoms with Crippen LogP contribution in [-0.4, -0.2) is 34.2 Å². The topological polar surface area (TPSA) is 58.6 Å². The van der Waals surface area contributed by atoms with Gasteiger partial charge in [-0.3, -0.25) is 14.5 Å². The van der Waals surface area contributed by atoms with Gasteiger partial charge in [-0.1, -0.05) is 59.3 Å². The molecule has 0 atom stereocenters. The Morgan fingerprint density at radius 1 is 1.24 bits per heavy atom. The molecule has 2 aromatic rings. The monoisotopic (exact) mass is 466 g/mol. The van der Waals surface area contributed by atoms with E-state index in [1.54, 1.807) is 48.5 Å². The summed E-state index contributed by atoms with van der Waals surface area (Å²) < 4.78 is 5.68. The van der Waals surface area contributed by atoms with E-state index in [0.717, 1.165) is 11.8 Å². The van der Waals surface area contributed by atoms with Gasteiger partial charge < -0.3 is 10.1 Å². The van der Waals surface area contributed by atoms with Crippen molar-refractivity contribution >= 4 is 75.1 Å². The molecular formula is C20H16Cl2N2O3S2. The second-order valence-electron chi connectivity index (χ2n) is 5.92. The first-order chi connectivity index (χ1) is 13.9. The van der Waals surface area contributed by atoms with Crippen LogP contribution < -0.4 is 10.1 Å². The third kappa shape index (κ3) is 5.30. The number of rotatable bonds is 6. The third-order valence-electron chi connectivity index (χ3n) is 3.89. The molecule has 1 heterocycles. The molecule has 150 valence electrons. The fourth-order valence-corrected chi connectivity index (χ4v) is 4.16. The average molecular weight is 467 g/mol. The zero-order valence-electron chi connectivity index (χ0n) is 15.3. The maximum atomic E-state index is 12.7. The summed E-state index contributed by atoms with van der Waals surface area (Å²) in [6.45, 7) is 2.28. The van der Waals surface area contributed by atoms with E-state index in [0.29, 0.717) is 42.9 Å². The number of nitrogens with zero attached hydrogens (tertiary/aromatic N) is 1. The highest BCUT2D eigenvalue weighted by molar-refractivity contribution is 8.26. The van der Waals surface area contributed by atoms with Crippen LogP contribution in [0.15, 0.2) is 47.4 Å². The Kier molecular flexibility index (Phi) is 7.18. The fourth-order valence-electron chi connectivity index (χ4n) is 2.55. The molecule has 2 aromatic carbocycles. The van der Waals surface area contributed by atoms with E-state index in [2.05, 4.69) is 5.32 Å². The lowest BCUT2D eigenvalue weighted by molar-refractivity contribution is -0.126. The predicted molar refractivity (Wildman–Crippen MR) is 123 cm³/mol. The van der Waals surface area contributed by atoms with E-state index in [1.807, 2.05) is 6.92 Å². The van der Waals surface area contributed by atoms with Crippen molar-refractivity contribution in [1.82, 2.24) is 4.90 Å². The zero-order chi connectivity index (χ0) is 21.0. The molecule has 0 aliphatic carbocycles. The summed E-state index contributed by atoms with van der Waals surface area (Å²) in [5.41, 5.74) is 1.21. The minimum Gasteiger partial charge on any atom is -0.494 e. The standard InChI is InChI=1S/C20H16Cl2N2O3S2/c1-2-27-14-8-6-13(7-9-14)23-17(25)11-24-19(26)16(29-20(24)28)10-12-4-3-5-15(21)18(12)22/h3-10H,2,11H2,1H3,(H,23,25)/b16-10-. The summed E-state index contributed by atoms with van der Waals surface area (Å²) in [7, 11) is 0. The van der Waals surface area contributed by atoms with Crippen molar-refractivity contribution in [2.45, 2.75) is 6.92 Å². The molecule has 1 aliphatic heterocycles. The van der Waals surface area contributed by atoms with Gasteiger partial charge in [-0.25, -0.2) is 0 Å². The Morgan fingerprint density at radius 3 is 2.66 bits per heavy atom. The summed E-state index contributed by atoms with van der Waals surface area (Å²) in [5, 5.41) is 3.49. The molecule has 0 bridgehead atoms. The van der Waals surface area contributed by atoms with Crippen molar-refractivity contribution in [2.24, 2.45) is 0 Å². The second kappa shape index (κ2) is 9.63. The lowest BCUT2D eigenvalue weighted by Crippen LogP contribution is -2.36. The number of hydrogen-bond donors (Lipinski definition) is 1. The van der Waals surface area contributed by atoms with Gasteiger partial charge in [0.1, 0.15) is 16.6 Å². The van der Waals surface area contributed by atoms with Crippen molar-refractivity contribution in [3.05, 3.63) is 63.0 Å². The molecule has 0 spiro atoms. The second-order valence-corrected chi connectivity index (χ2v) is 8.38. The van der Waals surface area contributed by atoms with E-state index in [-0.39, 0.29) is 18.4 Å². The summed E-state index contributed by atoms with van der Waals surface area (Å²) in [6, 6.07) is 12.1. The Bertz CT molecular complexity index is 994. The molecule has 5 nitrogen and oxygen atoms in total. The Morgan fingerprint density at radius 2 is 1.97 bits per heavy atom. The van der Waals surface area contributed by atoms with Crippen molar-refractivity contribution in [3.63, 3.8) is 0 Å². The molecule has 1 N–H and O–H groups in total. The Hall–Kier alpha value is -2.06. The molecule has 1 saturated heterocycles. The average Bonchev–Trinajstić information content (AvgIpc) is 2.94. The number of benzene rings is 2. The van der Waals surface area contributed by atoms with E-state index >= 15 is 0 Å². The van der Waals surface area contributed by atoms with Gasteiger partial charge in [0.05, 0.1) is 21.6 Å². The van der Waals surface area contributed by atoms with Gasteiger partial charge in [0, 0.05) is 5.69 Å². The molecule has 0 aromatic heterocycles. The van der Waals surface area contributed by atoms with Gasteiger partial charge in [0.2, 0.25) is 5.91 Å². The van der Waals surface area contributed by atoms with Crippen LogP contribution in [0.4, 0.5) is 5.69 Å². The summed E-state index contributed by atoms with van der Waals surface area (Å²) >= 11 is 18.6. The summed E-state index contributed by atoms with van der Waals surface area (Å²) in [5.74, 6) is 0.0117. The van der Waals surface area contributed by atoms with Crippen LogP contribution >= 0.6 is 47.2 Å². The highest BCUT2D eigenvalue weighted by Crippen LogP contribution is 2.35. The van der Waals surface area contributed by atoms with Crippen molar-refractivity contribution in [3.8, 4) is 5.75 Å². The maximum Gasteiger partial charge on any atom is 0.266 e. The fraction of sp³-hybridized carbons (Fsp3) is 0.150. The molecule has 0 unspecified atom stereocenters. The summed E-state index contributed by atoms with van der Waals surface area (Å²) in [6.07, 6.45) is 1.62. The number of thioether (sulfide) groups is 1. The molecular weight excluding hydrogens is 451 g/mol. The first-order valence-corrected chi connectivity index (χ1v) is 10.6. The number of amides is 2. The van der Waals surface area contributed by atoms with Gasteiger partial charge in [-0.15, -0.1) is 0 Å². The van der Waals surface area contributed by atoms with Crippen molar-refractivity contribution in [1.29, 1.82) is 0 Å². The lowest BCUT2D eigenvalue weighted by atomic mass is 10.2. The number of hydrogen-bond acceptors (Lipinski definition) is 5. The largest absolute Gasteiger partial charge is 0.494 e. The van der Waals surface area contributed by atoms with E-state index in [1.165, 1.54) is 4.90 Å². The molecule has 9 heteroatoms. The zero-order valence-corrected chi connectivity index (χ0v) is 18.4. The molecule has 0 radical (unpaired) electrons. The first-order valence-electron chi connectivity index (χ1n) is 8.61. The maximum absolute atomic E-state index is 12.7. The van der Waals surface area contributed by atoms with Crippen LogP contribution in [0.1, 0.15) is 12.5 Å². The SMILES string of the molecule is CCOc1ccc(NC(=O)CN2C(=O)/C(=C/c3cccc(Cl)c3Cl)SC2=S)cc1. The van der Waals surface area contributed by atoms with Crippen molar-refractivity contribution in [2.75, 3.05) is 18.5 Å². The number of carbonyl (C=O) groups is 2. The highest BCUT2D eigenvalue weighted by atomic mass is 35.5. The van der Waals surface area contributed by atoms with Crippen LogP contribution in [-0.2, 0) is 9.59 Å². The third-order valence-corrected chi connectivity index (χ3v) is 6.10. The number of ether oxygens (including phenoxy) is 1. The molecule has 1 aliphatic rings. The van der Waals surface area contributed by atoms with Gasteiger partial charge in [-0.2, -0.15) is 0 Å².